The second-order valence-electron chi connectivity index (χ2n) is 10.8. The van der Waals surface area contributed by atoms with Crippen molar-refractivity contribution < 1.29 is 32.6 Å². The number of nitrogens with one attached hydrogen (secondary N) is 1. The predicted octanol–water partition coefficient (Wildman–Crippen LogP) is 8.18. The van der Waals surface area contributed by atoms with Crippen LogP contribution in [0.25, 0.3) is 11.1 Å². The lowest BCUT2D eigenvalue weighted by molar-refractivity contribution is -0.138. The molecular weight excluding hydrogens is 519 g/mol. The Hall–Kier alpha value is -3.81. The Kier molecular flexibility index (Phi) is 10.0. The van der Waals surface area contributed by atoms with Gasteiger partial charge in [0.05, 0.1) is 12.0 Å². The highest BCUT2D eigenvalue weighted by atomic mass is 19.4. The molecular formula is C32H36F3NO4. The summed E-state index contributed by atoms with van der Waals surface area (Å²) >= 11 is 0. The summed E-state index contributed by atoms with van der Waals surface area (Å²) in [6.07, 6.45) is -3.02. The smallest absolute Gasteiger partial charge is 0.417 e. The van der Waals surface area contributed by atoms with E-state index < -0.39 is 29.7 Å². The molecule has 0 aliphatic carbocycles. The lowest BCUT2D eigenvalue weighted by atomic mass is 9.86. The molecule has 3 aromatic rings. The van der Waals surface area contributed by atoms with E-state index in [2.05, 4.69) is 26.1 Å². The molecule has 1 amide bonds. The molecule has 214 valence electrons. The van der Waals surface area contributed by atoms with Crippen molar-refractivity contribution in [2.45, 2.75) is 71.1 Å². The van der Waals surface area contributed by atoms with Crippen molar-refractivity contribution in [3.8, 4) is 16.9 Å². The van der Waals surface area contributed by atoms with Crippen molar-refractivity contribution in [3.05, 3.63) is 89.0 Å². The van der Waals surface area contributed by atoms with Crippen LogP contribution >= 0.6 is 0 Å². The third-order valence-corrected chi connectivity index (χ3v) is 6.63. The van der Waals surface area contributed by atoms with E-state index >= 15 is 0 Å². The van der Waals surface area contributed by atoms with Crippen molar-refractivity contribution in [3.63, 3.8) is 0 Å². The van der Waals surface area contributed by atoms with Crippen LogP contribution in [0.3, 0.4) is 0 Å². The fourth-order valence-corrected chi connectivity index (χ4v) is 4.31. The first-order valence-electron chi connectivity index (χ1n) is 13.4. The summed E-state index contributed by atoms with van der Waals surface area (Å²) in [4.78, 5) is 22.9. The van der Waals surface area contributed by atoms with E-state index in [-0.39, 0.29) is 29.7 Å². The number of carbonyl (C=O) groups is 2. The number of unbranched alkanes of at least 4 members (excludes halogenated alkanes) is 1. The number of benzene rings is 3. The maximum Gasteiger partial charge on any atom is 0.417 e. The topological polar surface area (TPSA) is 75.6 Å². The largest absolute Gasteiger partial charge is 0.486 e. The van der Waals surface area contributed by atoms with Crippen LogP contribution in [0.4, 0.5) is 13.2 Å². The highest BCUT2D eigenvalue weighted by Gasteiger charge is 2.34. The van der Waals surface area contributed by atoms with E-state index in [4.69, 9.17) is 9.84 Å². The SMILES string of the molecule is CCCCC(Oc1ccc(-c2ccc(C(C)(C)C)cc2)c(C(F)(F)F)c1)c1ccc(C(=O)NCCC(=O)O)cc1. The Bertz CT molecular complexity index is 1290. The summed E-state index contributed by atoms with van der Waals surface area (Å²) in [6.45, 7) is 8.18. The fourth-order valence-electron chi connectivity index (χ4n) is 4.31. The first-order chi connectivity index (χ1) is 18.8. The second kappa shape index (κ2) is 13.0. The highest BCUT2D eigenvalue weighted by molar-refractivity contribution is 5.94. The number of alkyl halides is 3. The van der Waals surface area contributed by atoms with Crippen LogP contribution in [-0.2, 0) is 16.4 Å². The Balaban J connectivity index is 1.86. The van der Waals surface area contributed by atoms with Gasteiger partial charge in [0.15, 0.2) is 0 Å². The maximum absolute atomic E-state index is 14.2. The summed E-state index contributed by atoms with van der Waals surface area (Å²) in [6, 6.07) is 17.8. The monoisotopic (exact) mass is 555 g/mol. The van der Waals surface area contributed by atoms with Gasteiger partial charge in [-0.3, -0.25) is 9.59 Å². The normalized spacial score (nSPS) is 12.6. The number of hydrogen-bond donors (Lipinski definition) is 2. The van der Waals surface area contributed by atoms with Gasteiger partial charge in [-0.25, -0.2) is 0 Å². The molecule has 5 nitrogen and oxygen atoms in total. The molecule has 2 N–H and O–H groups in total. The Morgan fingerprint density at radius 2 is 1.60 bits per heavy atom. The number of rotatable bonds is 11. The lowest BCUT2D eigenvalue weighted by Gasteiger charge is -2.22. The second-order valence-corrected chi connectivity index (χ2v) is 10.8. The predicted molar refractivity (Wildman–Crippen MR) is 150 cm³/mol. The van der Waals surface area contributed by atoms with Crippen LogP contribution in [0, 0.1) is 0 Å². The van der Waals surface area contributed by atoms with Crippen molar-refractivity contribution >= 4 is 11.9 Å². The molecule has 0 aromatic heterocycles. The first-order valence-corrected chi connectivity index (χ1v) is 13.4. The zero-order chi connectivity index (χ0) is 29.5. The highest BCUT2D eigenvalue weighted by Crippen LogP contribution is 2.40. The molecule has 0 spiro atoms. The number of amides is 1. The van der Waals surface area contributed by atoms with Crippen LogP contribution in [0.1, 0.15) is 86.5 Å². The van der Waals surface area contributed by atoms with Gasteiger partial charge in [0.25, 0.3) is 5.91 Å². The number of carboxylic acid groups (broad SMARTS) is 1. The van der Waals surface area contributed by atoms with Crippen molar-refractivity contribution in [2.75, 3.05) is 6.54 Å². The minimum Gasteiger partial charge on any atom is -0.486 e. The Morgan fingerprint density at radius 3 is 2.15 bits per heavy atom. The Labute approximate surface area is 233 Å². The summed E-state index contributed by atoms with van der Waals surface area (Å²) in [7, 11) is 0. The summed E-state index contributed by atoms with van der Waals surface area (Å²) in [5.74, 6) is -1.30. The van der Waals surface area contributed by atoms with Gasteiger partial charge in [-0.05, 0) is 64.8 Å². The molecule has 0 heterocycles. The molecule has 0 saturated heterocycles. The van der Waals surface area contributed by atoms with E-state index in [9.17, 15) is 22.8 Å². The molecule has 8 heteroatoms. The zero-order valence-electron chi connectivity index (χ0n) is 23.3. The van der Waals surface area contributed by atoms with E-state index in [1.54, 1.807) is 42.5 Å². The molecule has 1 atom stereocenters. The molecule has 3 aromatic carbocycles. The standard InChI is InChI=1S/C32H36F3NO4/c1-5-6-7-28(22-8-10-23(11-9-22)30(39)36-19-18-29(37)38)40-25-16-17-26(27(20-25)32(33,34)35)21-12-14-24(15-13-21)31(2,3)4/h8-17,20,28H,5-7,18-19H2,1-4H3,(H,36,39)(H,37,38). The average Bonchev–Trinajstić information content (AvgIpc) is 2.90. The number of hydrogen-bond acceptors (Lipinski definition) is 3. The zero-order valence-corrected chi connectivity index (χ0v) is 23.3. The van der Waals surface area contributed by atoms with Gasteiger partial charge >= 0.3 is 12.1 Å². The van der Waals surface area contributed by atoms with Crippen LogP contribution in [0.5, 0.6) is 5.75 Å². The van der Waals surface area contributed by atoms with E-state index in [0.717, 1.165) is 30.0 Å². The molecule has 0 saturated carbocycles. The van der Waals surface area contributed by atoms with Gasteiger partial charge in [0, 0.05) is 12.1 Å². The van der Waals surface area contributed by atoms with Gasteiger partial charge < -0.3 is 15.2 Å². The fraction of sp³-hybridized carbons (Fsp3) is 0.375. The number of ether oxygens (including phenoxy) is 1. The van der Waals surface area contributed by atoms with Crippen molar-refractivity contribution in [1.29, 1.82) is 0 Å². The van der Waals surface area contributed by atoms with Crippen molar-refractivity contribution in [2.24, 2.45) is 0 Å². The lowest BCUT2D eigenvalue weighted by Crippen LogP contribution is -2.26. The number of carboxylic acids is 1. The third-order valence-electron chi connectivity index (χ3n) is 6.63. The maximum atomic E-state index is 14.2. The average molecular weight is 556 g/mol. The van der Waals surface area contributed by atoms with E-state index in [1.165, 1.54) is 6.07 Å². The van der Waals surface area contributed by atoms with Gasteiger partial charge in [0.1, 0.15) is 11.9 Å². The van der Waals surface area contributed by atoms with E-state index in [0.29, 0.717) is 17.5 Å². The summed E-state index contributed by atoms with van der Waals surface area (Å²) in [5, 5.41) is 11.3. The van der Waals surface area contributed by atoms with Crippen LogP contribution in [-0.4, -0.2) is 23.5 Å². The van der Waals surface area contributed by atoms with Crippen molar-refractivity contribution in [1.82, 2.24) is 5.32 Å². The number of carbonyl (C=O) groups excluding carboxylic acids is 1. The van der Waals surface area contributed by atoms with Gasteiger partial charge in [-0.2, -0.15) is 13.2 Å². The molecule has 0 aliphatic rings. The molecule has 0 radical (unpaired) electrons. The van der Waals surface area contributed by atoms with Crippen LogP contribution < -0.4 is 10.1 Å². The third kappa shape index (κ3) is 8.34. The van der Waals surface area contributed by atoms with E-state index in [1.807, 2.05) is 19.1 Å². The summed E-state index contributed by atoms with van der Waals surface area (Å²) < 4.78 is 48.6. The first kappa shape index (κ1) is 30.7. The molecule has 40 heavy (non-hydrogen) atoms. The van der Waals surface area contributed by atoms with Crippen LogP contribution in [0.2, 0.25) is 0 Å². The molecule has 3 rings (SSSR count). The number of aliphatic carboxylic acids is 1. The minimum absolute atomic E-state index is 0.0103. The quantitative estimate of drug-likeness (QED) is 0.250. The molecule has 0 bridgehead atoms. The molecule has 1 unspecified atom stereocenters. The minimum atomic E-state index is -4.58. The molecule has 0 fully saturated rings. The summed E-state index contributed by atoms with van der Waals surface area (Å²) in [5.41, 5.74) is 1.80. The van der Waals surface area contributed by atoms with Crippen LogP contribution in [0.15, 0.2) is 66.7 Å². The van der Waals surface area contributed by atoms with Gasteiger partial charge in [-0.1, -0.05) is 76.6 Å². The molecule has 0 aliphatic heterocycles. The Morgan fingerprint density at radius 1 is 0.950 bits per heavy atom. The van der Waals surface area contributed by atoms with Gasteiger partial charge in [-0.15, -0.1) is 0 Å². The van der Waals surface area contributed by atoms with Gasteiger partial charge in [0.2, 0.25) is 0 Å². The number of halogens is 3.